The van der Waals surface area contributed by atoms with Gasteiger partial charge < -0.3 is 10.4 Å². The maximum Gasteiger partial charge on any atom is 0.335 e. The quantitative estimate of drug-likeness (QED) is 0.745. The first kappa shape index (κ1) is 17.0. The van der Waals surface area contributed by atoms with E-state index in [9.17, 15) is 4.79 Å². The number of nitrogens with one attached hydrogen (secondary N) is 1. The van der Waals surface area contributed by atoms with Crippen LogP contribution in [0.3, 0.4) is 0 Å². The molecule has 0 atom stereocenters. The van der Waals surface area contributed by atoms with Gasteiger partial charge in [0.25, 0.3) is 0 Å². The van der Waals surface area contributed by atoms with Crippen LogP contribution in [-0.2, 0) is 6.54 Å². The zero-order valence-corrected chi connectivity index (χ0v) is 13.7. The first-order chi connectivity index (χ1) is 10.7. The molecule has 2 rings (SSSR count). The molecule has 0 saturated heterocycles. The number of hydrogen-bond acceptors (Lipinski definition) is 2. The number of rotatable bonds is 8. The lowest BCUT2D eigenvalue weighted by Gasteiger charge is -2.28. The second kappa shape index (κ2) is 8.94. The Morgan fingerprint density at radius 2 is 1.95 bits per heavy atom. The lowest BCUT2D eigenvalue weighted by atomic mass is 9.80. The summed E-state index contributed by atoms with van der Waals surface area (Å²) in [7, 11) is 0. The molecule has 3 heteroatoms. The molecule has 3 nitrogen and oxygen atoms in total. The largest absolute Gasteiger partial charge is 0.478 e. The molecule has 0 aromatic heterocycles. The van der Waals surface area contributed by atoms with Crippen LogP contribution in [0.4, 0.5) is 0 Å². The van der Waals surface area contributed by atoms with E-state index < -0.39 is 5.97 Å². The van der Waals surface area contributed by atoms with Crippen LogP contribution in [0.15, 0.2) is 24.3 Å². The van der Waals surface area contributed by atoms with Gasteiger partial charge in [-0.2, -0.15) is 0 Å². The summed E-state index contributed by atoms with van der Waals surface area (Å²) in [5.74, 6) is 0.899. The predicted molar refractivity (Wildman–Crippen MR) is 90.1 cm³/mol. The molecule has 0 amide bonds. The van der Waals surface area contributed by atoms with E-state index in [-0.39, 0.29) is 0 Å². The van der Waals surface area contributed by atoms with E-state index >= 15 is 0 Å². The van der Waals surface area contributed by atoms with Gasteiger partial charge in [-0.3, -0.25) is 0 Å². The van der Waals surface area contributed by atoms with Crippen molar-refractivity contribution in [2.24, 2.45) is 11.8 Å². The third-order valence-electron chi connectivity index (χ3n) is 4.87. The molecule has 0 spiro atoms. The number of benzene rings is 1. The summed E-state index contributed by atoms with van der Waals surface area (Å²) in [6.45, 7) is 4.09. The SMILES string of the molecule is CCCCC1CCC(CNCc2cccc(C(=O)O)c2)CC1. The van der Waals surface area contributed by atoms with Crippen LogP contribution in [-0.4, -0.2) is 17.6 Å². The summed E-state index contributed by atoms with van der Waals surface area (Å²) in [6, 6.07) is 7.21. The zero-order valence-electron chi connectivity index (χ0n) is 13.7. The lowest BCUT2D eigenvalue weighted by Crippen LogP contribution is -2.26. The van der Waals surface area contributed by atoms with E-state index in [0.29, 0.717) is 5.56 Å². The highest BCUT2D eigenvalue weighted by atomic mass is 16.4. The van der Waals surface area contributed by atoms with Crippen molar-refractivity contribution < 1.29 is 9.90 Å². The van der Waals surface area contributed by atoms with Crippen LogP contribution in [0.5, 0.6) is 0 Å². The standard InChI is InChI=1S/C19H29NO2/c1-2-3-5-15-8-10-16(11-9-15)13-20-14-17-6-4-7-18(12-17)19(21)22/h4,6-7,12,15-16,20H,2-3,5,8-11,13-14H2,1H3,(H,21,22). The average Bonchev–Trinajstić information content (AvgIpc) is 2.54. The molecule has 122 valence electrons. The molecule has 0 heterocycles. The molecule has 1 aliphatic rings. The van der Waals surface area contributed by atoms with E-state index in [4.69, 9.17) is 5.11 Å². The van der Waals surface area contributed by atoms with E-state index in [1.807, 2.05) is 12.1 Å². The Morgan fingerprint density at radius 3 is 2.64 bits per heavy atom. The van der Waals surface area contributed by atoms with Gasteiger partial charge in [-0.25, -0.2) is 4.79 Å². The van der Waals surface area contributed by atoms with Gasteiger partial charge in [0.05, 0.1) is 5.56 Å². The van der Waals surface area contributed by atoms with Crippen molar-refractivity contribution in [1.29, 1.82) is 0 Å². The molecule has 0 bridgehead atoms. The zero-order chi connectivity index (χ0) is 15.8. The third-order valence-corrected chi connectivity index (χ3v) is 4.87. The second-order valence-electron chi connectivity index (χ2n) is 6.67. The Hall–Kier alpha value is -1.35. The summed E-state index contributed by atoms with van der Waals surface area (Å²) in [6.07, 6.45) is 9.58. The minimum atomic E-state index is -0.854. The normalized spacial score (nSPS) is 21.7. The number of aromatic carboxylic acids is 1. The first-order valence-corrected chi connectivity index (χ1v) is 8.72. The van der Waals surface area contributed by atoms with Crippen LogP contribution in [0.25, 0.3) is 0 Å². The van der Waals surface area contributed by atoms with Gasteiger partial charge in [-0.15, -0.1) is 0 Å². The smallest absolute Gasteiger partial charge is 0.335 e. The maximum atomic E-state index is 11.0. The molecule has 22 heavy (non-hydrogen) atoms. The van der Waals surface area contributed by atoms with Crippen molar-refractivity contribution in [3.05, 3.63) is 35.4 Å². The fourth-order valence-electron chi connectivity index (χ4n) is 3.45. The first-order valence-electron chi connectivity index (χ1n) is 8.72. The summed E-state index contributed by atoms with van der Waals surface area (Å²) in [5.41, 5.74) is 1.42. The second-order valence-corrected chi connectivity index (χ2v) is 6.67. The molecular weight excluding hydrogens is 274 g/mol. The highest BCUT2D eigenvalue weighted by Crippen LogP contribution is 2.31. The van der Waals surface area contributed by atoms with Crippen LogP contribution < -0.4 is 5.32 Å². The number of unbranched alkanes of at least 4 members (excludes halogenated alkanes) is 1. The molecule has 1 aromatic carbocycles. The Morgan fingerprint density at radius 1 is 1.23 bits per heavy atom. The number of carboxylic acids is 1. The summed E-state index contributed by atoms with van der Waals surface area (Å²) >= 11 is 0. The van der Waals surface area contributed by atoms with Gasteiger partial charge in [-0.05, 0) is 48.9 Å². The van der Waals surface area contributed by atoms with E-state index in [1.54, 1.807) is 12.1 Å². The molecule has 2 N–H and O–H groups in total. The van der Waals surface area contributed by atoms with Crippen LogP contribution >= 0.6 is 0 Å². The van der Waals surface area contributed by atoms with Crippen molar-refractivity contribution >= 4 is 5.97 Å². The third kappa shape index (κ3) is 5.45. The minimum absolute atomic E-state index is 0.371. The molecule has 0 unspecified atom stereocenters. The van der Waals surface area contributed by atoms with Crippen LogP contribution in [0, 0.1) is 11.8 Å². The number of carbonyl (C=O) groups is 1. The molecule has 0 radical (unpaired) electrons. The Labute approximate surface area is 134 Å². The number of carboxylic acid groups (broad SMARTS) is 1. The topological polar surface area (TPSA) is 49.3 Å². The maximum absolute atomic E-state index is 11.0. The average molecular weight is 303 g/mol. The molecule has 0 aliphatic heterocycles. The Bertz CT molecular complexity index is 464. The highest BCUT2D eigenvalue weighted by Gasteiger charge is 2.20. The molecule has 1 aliphatic carbocycles. The highest BCUT2D eigenvalue weighted by molar-refractivity contribution is 5.87. The summed E-state index contributed by atoms with van der Waals surface area (Å²) < 4.78 is 0. The van der Waals surface area contributed by atoms with Crippen molar-refractivity contribution in [1.82, 2.24) is 5.32 Å². The van der Waals surface area contributed by atoms with E-state index in [2.05, 4.69) is 12.2 Å². The van der Waals surface area contributed by atoms with Crippen molar-refractivity contribution in [2.75, 3.05) is 6.54 Å². The summed E-state index contributed by atoms with van der Waals surface area (Å²) in [4.78, 5) is 11.0. The van der Waals surface area contributed by atoms with Crippen LogP contribution in [0.1, 0.15) is 67.8 Å². The van der Waals surface area contributed by atoms with E-state index in [0.717, 1.165) is 30.5 Å². The van der Waals surface area contributed by atoms with Gasteiger partial charge >= 0.3 is 5.97 Å². The molecular formula is C19H29NO2. The lowest BCUT2D eigenvalue weighted by molar-refractivity contribution is 0.0696. The van der Waals surface area contributed by atoms with E-state index in [1.165, 1.54) is 44.9 Å². The van der Waals surface area contributed by atoms with Gasteiger partial charge in [0.1, 0.15) is 0 Å². The Kier molecular flexibility index (Phi) is 6.91. The Balaban J connectivity index is 1.67. The minimum Gasteiger partial charge on any atom is -0.478 e. The van der Waals surface area contributed by atoms with Crippen LogP contribution in [0.2, 0.25) is 0 Å². The van der Waals surface area contributed by atoms with Crippen molar-refractivity contribution in [3.63, 3.8) is 0 Å². The molecule has 1 saturated carbocycles. The fourth-order valence-corrected chi connectivity index (χ4v) is 3.45. The fraction of sp³-hybridized carbons (Fsp3) is 0.632. The summed E-state index contributed by atoms with van der Waals surface area (Å²) in [5, 5.41) is 12.5. The monoisotopic (exact) mass is 303 g/mol. The molecule has 1 aromatic rings. The van der Waals surface area contributed by atoms with Crippen molar-refractivity contribution in [2.45, 2.75) is 58.4 Å². The van der Waals surface area contributed by atoms with Crippen molar-refractivity contribution in [3.8, 4) is 0 Å². The van der Waals surface area contributed by atoms with Gasteiger partial charge in [0, 0.05) is 6.54 Å². The number of hydrogen-bond donors (Lipinski definition) is 2. The molecule has 1 fully saturated rings. The van der Waals surface area contributed by atoms with Gasteiger partial charge in [0.15, 0.2) is 0 Å². The predicted octanol–water partition coefficient (Wildman–Crippen LogP) is 4.47. The van der Waals surface area contributed by atoms with Gasteiger partial charge in [-0.1, -0.05) is 51.2 Å². The van der Waals surface area contributed by atoms with Gasteiger partial charge in [0.2, 0.25) is 0 Å².